The molecule has 2 aromatic rings. The Labute approximate surface area is 124 Å². The highest BCUT2D eigenvalue weighted by atomic mass is 32.2. The van der Waals surface area contributed by atoms with Gasteiger partial charge < -0.3 is 0 Å². The van der Waals surface area contributed by atoms with Gasteiger partial charge in [0.25, 0.3) is 0 Å². The summed E-state index contributed by atoms with van der Waals surface area (Å²) >= 11 is 0. The molecule has 0 amide bonds. The lowest BCUT2D eigenvalue weighted by atomic mass is 9.95. The van der Waals surface area contributed by atoms with Gasteiger partial charge in [0.15, 0.2) is 5.82 Å². The summed E-state index contributed by atoms with van der Waals surface area (Å²) in [6.07, 6.45) is 0. The second-order valence-corrected chi connectivity index (χ2v) is 6.81. The summed E-state index contributed by atoms with van der Waals surface area (Å²) in [5.41, 5.74) is 4.67. The number of hydrogen-bond acceptors (Lipinski definition) is 5. The van der Waals surface area contributed by atoms with Crippen LogP contribution in [0.4, 0.5) is 0 Å². The van der Waals surface area contributed by atoms with E-state index in [0.29, 0.717) is 10.7 Å². The number of hydrogen-bond donors (Lipinski definition) is 2. The Bertz CT molecular complexity index is 737. The Morgan fingerprint density at radius 1 is 0.952 bits per heavy atom. The third-order valence-electron chi connectivity index (χ3n) is 4.01. The summed E-state index contributed by atoms with van der Waals surface area (Å²) in [6.45, 7) is 9.55. The van der Waals surface area contributed by atoms with E-state index in [-0.39, 0.29) is 6.54 Å². The van der Waals surface area contributed by atoms with Crippen LogP contribution in [-0.4, -0.2) is 29.0 Å². The van der Waals surface area contributed by atoms with E-state index in [1.54, 1.807) is 0 Å². The molecule has 0 unspecified atom stereocenters. The average Bonchev–Trinajstić information content (AvgIpc) is 2.94. The minimum atomic E-state index is -3.63. The zero-order chi connectivity index (χ0) is 15.8. The number of tetrazole rings is 1. The van der Waals surface area contributed by atoms with E-state index in [0.717, 1.165) is 27.8 Å². The normalized spacial score (nSPS) is 11.9. The van der Waals surface area contributed by atoms with Gasteiger partial charge in [0, 0.05) is 0 Å². The van der Waals surface area contributed by atoms with Crippen molar-refractivity contribution in [2.75, 3.05) is 0 Å². The molecule has 1 aromatic carbocycles. The number of benzene rings is 1. The van der Waals surface area contributed by atoms with Crippen LogP contribution >= 0.6 is 0 Å². The molecule has 7 nitrogen and oxygen atoms in total. The molecule has 0 bridgehead atoms. The highest BCUT2D eigenvalue weighted by Crippen LogP contribution is 2.29. The van der Waals surface area contributed by atoms with E-state index >= 15 is 0 Å². The third kappa shape index (κ3) is 2.81. The highest BCUT2D eigenvalue weighted by molar-refractivity contribution is 7.89. The van der Waals surface area contributed by atoms with Gasteiger partial charge in [-0.2, -0.15) is 5.21 Å². The number of nitrogens with one attached hydrogen (secondary N) is 2. The maximum absolute atomic E-state index is 12.6. The monoisotopic (exact) mass is 309 g/mol. The Morgan fingerprint density at radius 2 is 1.48 bits per heavy atom. The molecule has 0 spiro atoms. The van der Waals surface area contributed by atoms with Gasteiger partial charge in [-0.1, -0.05) is 5.21 Å². The molecule has 114 valence electrons. The Balaban J connectivity index is 2.45. The van der Waals surface area contributed by atoms with Gasteiger partial charge in [0.2, 0.25) is 10.0 Å². The van der Waals surface area contributed by atoms with Crippen molar-refractivity contribution in [3.63, 3.8) is 0 Å². The SMILES string of the molecule is Cc1c(C)c(C)c(S(=O)(=O)NCc2nn[nH]n2)c(C)c1C. The van der Waals surface area contributed by atoms with Crippen molar-refractivity contribution in [1.29, 1.82) is 0 Å². The molecule has 1 aromatic heterocycles. The maximum Gasteiger partial charge on any atom is 0.241 e. The van der Waals surface area contributed by atoms with Crippen molar-refractivity contribution in [2.24, 2.45) is 0 Å². The minimum absolute atomic E-state index is 0.00366. The van der Waals surface area contributed by atoms with Gasteiger partial charge in [-0.25, -0.2) is 13.1 Å². The molecule has 0 radical (unpaired) electrons. The first-order valence-electron chi connectivity index (χ1n) is 6.54. The van der Waals surface area contributed by atoms with E-state index in [9.17, 15) is 8.42 Å². The molecule has 1 heterocycles. The zero-order valence-corrected chi connectivity index (χ0v) is 13.6. The predicted octanol–water partition coefficient (Wildman–Crippen LogP) is 1.22. The quantitative estimate of drug-likeness (QED) is 0.884. The Morgan fingerprint density at radius 3 is 1.95 bits per heavy atom. The van der Waals surface area contributed by atoms with Gasteiger partial charge in [-0.3, -0.25) is 0 Å². The van der Waals surface area contributed by atoms with Crippen LogP contribution in [0.5, 0.6) is 0 Å². The third-order valence-corrected chi connectivity index (χ3v) is 5.68. The molecular weight excluding hydrogens is 290 g/mol. The summed E-state index contributed by atoms with van der Waals surface area (Å²) < 4.78 is 27.7. The van der Waals surface area contributed by atoms with E-state index in [4.69, 9.17) is 0 Å². The lowest BCUT2D eigenvalue weighted by Gasteiger charge is -2.18. The van der Waals surface area contributed by atoms with Crippen LogP contribution in [0.1, 0.15) is 33.6 Å². The van der Waals surface area contributed by atoms with Gasteiger partial charge in [-0.05, 0) is 62.4 Å². The fourth-order valence-corrected chi connectivity index (χ4v) is 3.93. The van der Waals surface area contributed by atoms with Crippen LogP contribution in [-0.2, 0) is 16.6 Å². The van der Waals surface area contributed by atoms with E-state index in [2.05, 4.69) is 25.3 Å². The first-order valence-corrected chi connectivity index (χ1v) is 8.03. The number of aromatic amines is 1. The van der Waals surface area contributed by atoms with E-state index in [1.165, 1.54) is 0 Å². The highest BCUT2D eigenvalue weighted by Gasteiger charge is 2.23. The zero-order valence-electron chi connectivity index (χ0n) is 12.8. The fraction of sp³-hybridized carbons (Fsp3) is 0.462. The molecule has 0 saturated heterocycles. The predicted molar refractivity (Wildman–Crippen MR) is 78.3 cm³/mol. The van der Waals surface area contributed by atoms with Crippen LogP contribution in [0.25, 0.3) is 0 Å². The Hall–Kier alpha value is -1.80. The van der Waals surface area contributed by atoms with Crippen LogP contribution < -0.4 is 4.72 Å². The second kappa shape index (κ2) is 5.53. The van der Waals surface area contributed by atoms with Crippen LogP contribution in [0.2, 0.25) is 0 Å². The van der Waals surface area contributed by atoms with Crippen LogP contribution in [0.15, 0.2) is 4.90 Å². The molecule has 8 heteroatoms. The molecule has 0 aliphatic heterocycles. The topological polar surface area (TPSA) is 101 Å². The number of nitrogens with zero attached hydrogens (tertiary/aromatic N) is 3. The second-order valence-electron chi connectivity index (χ2n) is 5.11. The first-order chi connectivity index (χ1) is 9.75. The van der Waals surface area contributed by atoms with Gasteiger partial charge in [-0.15, -0.1) is 10.2 Å². The van der Waals surface area contributed by atoms with Crippen LogP contribution in [0.3, 0.4) is 0 Å². The molecular formula is C13H19N5O2S. The molecule has 21 heavy (non-hydrogen) atoms. The van der Waals surface area contributed by atoms with Crippen molar-refractivity contribution in [2.45, 2.75) is 46.1 Å². The van der Waals surface area contributed by atoms with Gasteiger partial charge >= 0.3 is 0 Å². The summed E-state index contributed by atoms with van der Waals surface area (Å²) in [5.74, 6) is 0.300. The fourth-order valence-electron chi connectivity index (χ4n) is 2.36. The molecule has 0 saturated carbocycles. The smallest absolute Gasteiger partial charge is 0.207 e. The van der Waals surface area contributed by atoms with E-state index < -0.39 is 10.0 Å². The van der Waals surface area contributed by atoms with Gasteiger partial charge in [0.05, 0.1) is 11.4 Å². The van der Waals surface area contributed by atoms with Crippen molar-refractivity contribution in [3.05, 3.63) is 33.6 Å². The number of aromatic nitrogens is 4. The van der Waals surface area contributed by atoms with E-state index in [1.807, 2.05) is 34.6 Å². The average molecular weight is 309 g/mol. The van der Waals surface area contributed by atoms with Crippen LogP contribution in [0, 0.1) is 34.6 Å². The number of rotatable bonds is 4. The Kier molecular flexibility index (Phi) is 4.11. The summed E-state index contributed by atoms with van der Waals surface area (Å²) in [7, 11) is -3.63. The molecule has 0 aliphatic carbocycles. The molecule has 2 N–H and O–H groups in total. The summed E-state index contributed by atoms with van der Waals surface area (Å²) in [4.78, 5) is 0.339. The maximum atomic E-state index is 12.6. The number of H-pyrrole nitrogens is 1. The summed E-state index contributed by atoms with van der Waals surface area (Å²) in [6, 6.07) is 0. The standard InChI is InChI=1S/C13H19N5O2S/c1-7-8(2)10(4)13(11(5)9(7)3)21(19,20)14-6-12-15-17-18-16-12/h14H,6H2,1-5H3,(H,15,16,17,18). The lowest BCUT2D eigenvalue weighted by molar-refractivity contribution is 0.577. The van der Waals surface area contributed by atoms with Crippen molar-refractivity contribution in [1.82, 2.24) is 25.3 Å². The van der Waals surface area contributed by atoms with Gasteiger partial charge in [0.1, 0.15) is 0 Å². The molecule has 0 atom stereocenters. The molecule has 2 rings (SSSR count). The van der Waals surface area contributed by atoms with Crippen molar-refractivity contribution in [3.8, 4) is 0 Å². The molecule has 0 aliphatic rings. The largest absolute Gasteiger partial charge is 0.241 e. The lowest BCUT2D eigenvalue weighted by Crippen LogP contribution is -2.26. The van der Waals surface area contributed by atoms with Crippen molar-refractivity contribution < 1.29 is 8.42 Å². The van der Waals surface area contributed by atoms with Crippen molar-refractivity contribution >= 4 is 10.0 Å². The molecule has 0 fully saturated rings. The minimum Gasteiger partial charge on any atom is -0.207 e. The number of sulfonamides is 1. The first kappa shape index (κ1) is 15.6. The summed E-state index contributed by atoms with van der Waals surface area (Å²) in [5, 5.41) is 13.2.